The number of anilines is 1. The van der Waals surface area contributed by atoms with Crippen molar-refractivity contribution in [3.05, 3.63) is 36.4 Å². The van der Waals surface area contributed by atoms with E-state index in [2.05, 4.69) is 19.9 Å². The molecule has 0 radical (unpaired) electrons. The van der Waals surface area contributed by atoms with Gasteiger partial charge in [-0.2, -0.15) is 0 Å². The predicted molar refractivity (Wildman–Crippen MR) is 130 cm³/mol. The van der Waals surface area contributed by atoms with Gasteiger partial charge in [-0.25, -0.2) is 0 Å². The molecule has 178 valence electrons. The highest BCUT2D eigenvalue weighted by Gasteiger charge is 2.60. The Bertz CT molecular complexity index is 956. The number of fused-ring (bicyclic) bond motifs is 5. The van der Waals surface area contributed by atoms with Crippen molar-refractivity contribution in [1.82, 2.24) is 0 Å². The van der Waals surface area contributed by atoms with Gasteiger partial charge in [0.15, 0.2) is 0 Å². The number of rotatable bonds is 5. The van der Waals surface area contributed by atoms with Gasteiger partial charge in [0.1, 0.15) is 5.75 Å². The lowest BCUT2D eigenvalue weighted by Crippen LogP contribution is -2.60. The number of primary amides is 1. The van der Waals surface area contributed by atoms with Gasteiger partial charge >= 0.3 is 0 Å². The van der Waals surface area contributed by atoms with Gasteiger partial charge in [-0.3, -0.25) is 9.59 Å². The molecule has 0 bridgehead atoms. The molecule has 2 amide bonds. The summed E-state index contributed by atoms with van der Waals surface area (Å²) in [6.07, 6.45) is 12.7. The maximum Gasteiger partial charge on any atom is 0.250 e. The van der Waals surface area contributed by atoms with E-state index < -0.39 is 0 Å². The average Bonchev–Trinajstić information content (AvgIpc) is 3.14. The third-order valence-electron chi connectivity index (χ3n) is 10.1. The van der Waals surface area contributed by atoms with Crippen LogP contribution in [-0.4, -0.2) is 25.0 Å². The van der Waals surface area contributed by atoms with E-state index in [1.807, 2.05) is 35.2 Å². The van der Waals surface area contributed by atoms with Crippen LogP contribution >= 0.6 is 0 Å². The maximum absolute atomic E-state index is 13.1. The molecule has 5 heteroatoms. The van der Waals surface area contributed by atoms with E-state index in [1.54, 1.807) is 7.11 Å². The van der Waals surface area contributed by atoms with Crippen LogP contribution in [0.25, 0.3) is 0 Å². The van der Waals surface area contributed by atoms with Crippen molar-refractivity contribution in [2.24, 2.45) is 40.2 Å². The first-order valence-electron chi connectivity index (χ1n) is 12.7. The summed E-state index contributed by atoms with van der Waals surface area (Å²) in [6.45, 7) is 4.89. The Labute approximate surface area is 197 Å². The normalized spacial score (nSPS) is 39.5. The van der Waals surface area contributed by atoms with Crippen molar-refractivity contribution >= 4 is 17.5 Å². The second-order valence-corrected chi connectivity index (χ2v) is 11.4. The fraction of sp³-hybridized carbons (Fsp3) is 0.643. The topological polar surface area (TPSA) is 72.6 Å². The zero-order valence-corrected chi connectivity index (χ0v) is 20.3. The molecule has 0 saturated heterocycles. The monoisotopic (exact) mass is 450 g/mol. The molecule has 5 rings (SSSR count). The first-order chi connectivity index (χ1) is 15.8. The van der Waals surface area contributed by atoms with E-state index in [9.17, 15) is 9.59 Å². The number of methoxy groups -OCH3 is 1. The van der Waals surface area contributed by atoms with Crippen LogP contribution in [-0.2, 0) is 9.59 Å². The Hall–Kier alpha value is -2.30. The van der Waals surface area contributed by atoms with Crippen molar-refractivity contribution in [2.75, 3.05) is 12.0 Å². The number of nitrogens with two attached hydrogens (primary N) is 1. The molecule has 3 fully saturated rings. The molecule has 3 saturated carbocycles. The molecule has 0 aromatic heterocycles. The molecule has 1 aromatic rings. The van der Waals surface area contributed by atoms with Crippen LogP contribution in [0.5, 0.6) is 5.75 Å². The van der Waals surface area contributed by atoms with Gasteiger partial charge < -0.3 is 15.4 Å². The number of carbonyl (C=O) groups excluding carboxylic acids is 2. The quantitative estimate of drug-likeness (QED) is 0.679. The zero-order chi connectivity index (χ0) is 23.4. The van der Waals surface area contributed by atoms with Gasteiger partial charge in [0, 0.05) is 29.6 Å². The second-order valence-electron chi connectivity index (χ2n) is 11.4. The Morgan fingerprint density at radius 2 is 1.85 bits per heavy atom. The van der Waals surface area contributed by atoms with Crippen molar-refractivity contribution in [1.29, 1.82) is 0 Å². The number of ether oxygens (including phenoxy) is 1. The van der Waals surface area contributed by atoms with E-state index >= 15 is 0 Å². The molecule has 1 aliphatic heterocycles. The first-order valence-corrected chi connectivity index (χ1v) is 12.7. The molecule has 4 aliphatic rings. The Morgan fingerprint density at radius 1 is 1.09 bits per heavy atom. The van der Waals surface area contributed by atoms with Gasteiger partial charge in [0.2, 0.25) is 5.91 Å². The number of hydrogen-bond acceptors (Lipinski definition) is 3. The first kappa shape index (κ1) is 22.5. The second kappa shape index (κ2) is 8.18. The largest absolute Gasteiger partial charge is 0.497 e. The number of amides is 2. The van der Waals surface area contributed by atoms with Gasteiger partial charge in [-0.15, -0.1) is 0 Å². The number of hydrogen-bond donors (Lipinski definition) is 1. The average molecular weight is 451 g/mol. The summed E-state index contributed by atoms with van der Waals surface area (Å²) in [5.74, 6) is 3.35. The minimum atomic E-state index is -0.167. The number of carbonyl (C=O) groups is 2. The van der Waals surface area contributed by atoms with E-state index in [4.69, 9.17) is 10.5 Å². The van der Waals surface area contributed by atoms with E-state index in [0.29, 0.717) is 35.5 Å². The van der Waals surface area contributed by atoms with Gasteiger partial charge in [0.05, 0.1) is 7.11 Å². The Kier molecular flexibility index (Phi) is 5.57. The summed E-state index contributed by atoms with van der Waals surface area (Å²) in [4.78, 5) is 26.6. The summed E-state index contributed by atoms with van der Waals surface area (Å²) < 4.78 is 5.33. The molecule has 3 aliphatic carbocycles. The molecule has 5 nitrogen and oxygen atoms in total. The summed E-state index contributed by atoms with van der Waals surface area (Å²) in [5.41, 5.74) is 6.76. The Balaban J connectivity index is 1.41. The van der Waals surface area contributed by atoms with Crippen LogP contribution in [0.1, 0.15) is 65.2 Å². The standard InChI is InChI=1S/C28H38N2O3/c1-27-16-14-23-21(22(27)11-4-18(27)5-13-25(29)31)10-12-24-28(23,2)17-15-26(32)30(24)19-6-8-20(33-3)9-7-19/h6-9,15,17-18,21-24H,4-5,10-14,16H2,1-3H3,(H2,29,31)/t18-,21+,22+,23+,24-,27-,28-/m1/s1. The van der Waals surface area contributed by atoms with Gasteiger partial charge in [0.25, 0.3) is 5.91 Å². The van der Waals surface area contributed by atoms with E-state index in [0.717, 1.165) is 24.3 Å². The summed E-state index contributed by atoms with van der Waals surface area (Å²) in [7, 11) is 1.67. The summed E-state index contributed by atoms with van der Waals surface area (Å²) in [5, 5.41) is 0. The van der Waals surface area contributed by atoms with Crippen LogP contribution in [0, 0.1) is 34.5 Å². The highest BCUT2D eigenvalue weighted by Crippen LogP contribution is 2.66. The highest BCUT2D eigenvalue weighted by molar-refractivity contribution is 6.03. The van der Waals surface area contributed by atoms with Crippen LogP contribution in [0.15, 0.2) is 36.4 Å². The molecule has 2 N–H and O–H groups in total. The molecule has 1 aromatic carbocycles. The van der Waals surface area contributed by atoms with Crippen molar-refractivity contribution in [2.45, 2.75) is 71.3 Å². The van der Waals surface area contributed by atoms with Crippen LogP contribution < -0.4 is 15.4 Å². The molecule has 0 spiro atoms. The third-order valence-corrected chi connectivity index (χ3v) is 10.1. The minimum absolute atomic E-state index is 0.0105. The minimum Gasteiger partial charge on any atom is -0.497 e. The maximum atomic E-state index is 13.1. The highest BCUT2D eigenvalue weighted by atomic mass is 16.5. The SMILES string of the molecule is COc1ccc(N2C(=O)C=C[C@]3(C)[C@H]4CC[C@]5(C)[C@@H](CCC(N)=O)CC[C@H]5[C@@H]4CC[C@@H]23)cc1. The van der Waals surface area contributed by atoms with Crippen LogP contribution in [0.4, 0.5) is 5.69 Å². The lowest BCUT2D eigenvalue weighted by molar-refractivity contribution is -0.120. The predicted octanol–water partition coefficient (Wildman–Crippen LogP) is 5.09. The fourth-order valence-electron chi connectivity index (χ4n) is 8.45. The molecule has 0 unspecified atom stereocenters. The Morgan fingerprint density at radius 3 is 2.55 bits per heavy atom. The molecule has 1 heterocycles. The van der Waals surface area contributed by atoms with Gasteiger partial charge in [-0.05, 0) is 98.3 Å². The van der Waals surface area contributed by atoms with E-state index in [1.165, 1.54) is 32.1 Å². The molecular formula is C28H38N2O3. The lowest BCUT2D eigenvalue weighted by Gasteiger charge is -2.60. The third kappa shape index (κ3) is 3.50. The lowest BCUT2D eigenvalue weighted by atomic mass is 9.47. The molecular weight excluding hydrogens is 412 g/mol. The summed E-state index contributed by atoms with van der Waals surface area (Å²) >= 11 is 0. The van der Waals surface area contributed by atoms with Crippen LogP contribution in [0.2, 0.25) is 0 Å². The molecule has 33 heavy (non-hydrogen) atoms. The smallest absolute Gasteiger partial charge is 0.250 e. The van der Waals surface area contributed by atoms with Crippen LogP contribution in [0.3, 0.4) is 0 Å². The van der Waals surface area contributed by atoms with Gasteiger partial charge in [-0.1, -0.05) is 19.9 Å². The molecule has 7 atom stereocenters. The van der Waals surface area contributed by atoms with E-state index in [-0.39, 0.29) is 23.3 Å². The number of benzene rings is 1. The van der Waals surface area contributed by atoms with Crippen molar-refractivity contribution < 1.29 is 14.3 Å². The summed E-state index contributed by atoms with van der Waals surface area (Å²) in [6, 6.07) is 8.11. The zero-order valence-electron chi connectivity index (χ0n) is 20.3. The van der Waals surface area contributed by atoms with Crippen molar-refractivity contribution in [3.63, 3.8) is 0 Å². The fourth-order valence-corrected chi connectivity index (χ4v) is 8.45. The van der Waals surface area contributed by atoms with Crippen molar-refractivity contribution in [3.8, 4) is 5.75 Å². The number of nitrogens with zero attached hydrogens (tertiary/aromatic N) is 1.